The molecule has 0 spiro atoms. The van der Waals surface area contributed by atoms with Crippen molar-refractivity contribution in [3.05, 3.63) is 0 Å². The molecular weight excluding hydrogens is 212 g/mol. The first-order valence-electron chi connectivity index (χ1n) is 6.91. The summed E-state index contributed by atoms with van der Waals surface area (Å²) in [5.41, 5.74) is 5.75. The Morgan fingerprint density at radius 2 is 1.94 bits per heavy atom. The third kappa shape index (κ3) is 3.21. The molecule has 17 heavy (non-hydrogen) atoms. The van der Waals surface area contributed by atoms with Crippen molar-refractivity contribution in [2.24, 2.45) is 17.6 Å². The fourth-order valence-electron chi connectivity index (χ4n) is 2.60. The molecule has 2 atom stereocenters. The summed E-state index contributed by atoms with van der Waals surface area (Å²) in [5.74, 6) is 0.850. The third-order valence-electron chi connectivity index (χ3n) is 4.63. The molecule has 1 amide bonds. The van der Waals surface area contributed by atoms with Crippen molar-refractivity contribution in [2.75, 3.05) is 13.6 Å². The molecule has 0 aromatic heterocycles. The van der Waals surface area contributed by atoms with Crippen LogP contribution < -0.4 is 5.73 Å². The van der Waals surface area contributed by atoms with E-state index in [0.717, 1.165) is 19.3 Å². The Bertz CT molecular complexity index is 263. The molecule has 1 aliphatic rings. The largest absolute Gasteiger partial charge is 0.340 e. The minimum atomic E-state index is -0.0479. The van der Waals surface area contributed by atoms with Gasteiger partial charge in [0, 0.05) is 18.5 Å². The Balaban J connectivity index is 2.73. The van der Waals surface area contributed by atoms with Gasteiger partial charge in [0.1, 0.15) is 0 Å². The highest BCUT2D eigenvalue weighted by Crippen LogP contribution is 2.32. The molecule has 1 saturated carbocycles. The first-order chi connectivity index (χ1) is 7.94. The number of amides is 1. The highest BCUT2D eigenvalue weighted by Gasteiger charge is 2.35. The lowest BCUT2D eigenvalue weighted by Gasteiger charge is -2.40. The minimum Gasteiger partial charge on any atom is -0.340 e. The maximum Gasteiger partial charge on any atom is 0.226 e. The maximum absolute atomic E-state index is 12.5. The fourth-order valence-corrected chi connectivity index (χ4v) is 2.60. The number of nitrogens with zero attached hydrogens (tertiary/aromatic N) is 1. The third-order valence-corrected chi connectivity index (χ3v) is 4.63. The monoisotopic (exact) mass is 240 g/mol. The van der Waals surface area contributed by atoms with Crippen molar-refractivity contribution in [1.29, 1.82) is 0 Å². The van der Waals surface area contributed by atoms with Gasteiger partial charge in [0.2, 0.25) is 5.91 Å². The van der Waals surface area contributed by atoms with Gasteiger partial charge in [0.25, 0.3) is 0 Å². The second kappa shape index (κ2) is 5.85. The van der Waals surface area contributed by atoms with Crippen LogP contribution in [0.5, 0.6) is 0 Å². The lowest BCUT2D eigenvalue weighted by Crippen LogP contribution is -2.49. The van der Waals surface area contributed by atoms with Crippen molar-refractivity contribution >= 4 is 5.91 Å². The molecule has 3 heteroatoms. The molecule has 0 heterocycles. The molecule has 0 saturated heterocycles. The predicted molar refractivity (Wildman–Crippen MR) is 71.6 cm³/mol. The van der Waals surface area contributed by atoms with Crippen LogP contribution in [0.2, 0.25) is 0 Å². The summed E-state index contributed by atoms with van der Waals surface area (Å²) in [4.78, 5) is 14.5. The van der Waals surface area contributed by atoms with Gasteiger partial charge in [-0.2, -0.15) is 0 Å². The second-order valence-electron chi connectivity index (χ2n) is 5.95. The van der Waals surface area contributed by atoms with Gasteiger partial charge >= 0.3 is 0 Å². The first-order valence-corrected chi connectivity index (χ1v) is 6.91. The van der Waals surface area contributed by atoms with Crippen molar-refractivity contribution in [2.45, 2.75) is 58.4 Å². The number of rotatable bonds is 4. The van der Waals surface area contributed by atoms with Crippen LogP contribution in [-0.2, 0) is 4.79 Å². The van der Waals surface area contributed by atoms with Crippen molar-refractivity contribution < 1.29 is 4.79 Å². The topological polar surface area (TPSA) is 46.3 Å². The molecular formula is C14H28N2O. The minimum absolute atomic E-state index is 0.0479. The normalized spacial score (nSPS) is 25.7. The van der Waals surface area contributed by atoms with Gasteiger partial charge in [-0.15, -0.1) is 0 Å². The van der Waals surface area contributed by atoms with Crippen molar-refractivity contribution in [3.63, 3.8) is 0 Å². The summed E-state index contributed by atoms with van der Waals surface area (Å²) >= 11 is 0. The van der Waals surface area contributed by atoms with Crippen LogP contribution in [0.25, 0.3) is 0 Å². The molecule has 2 N–H and O–H groups in total. The SMILES string of the molecule is CCC(C)(C)N(C)C(=O)C1CCCCC1CN. The van der Waals surface area contributed by atoms with Crippen LogP contribution in [0.4, 0.5) is 0 Å². The molecule has 1 rings (SSSR count). The van der Waals surface area contributed by atoms with Crippen LogP contribution in [0.15, 0.2) is 0 Å². The molecule has 0 aromatic rings. The van der Waals surface area contributed by atoms with Gasteiger partial charge < -0.3 is 10.6 Å². The number of hydrogen-bond donors (Lipinski definition) is 1. The summed E-state index contributed by atoms with van der Waals surface area (Å²) in [6.07, 6.45) is 5.52. The van der Waals surface area contributed by atoms with E-state index in [0.29, 0.717) is 18.4 Å². The zero-order chi connectivity index (χ0) is 13.1. The Morgan fingerprint density at radius 1 is 1.35 bits per heavy atom. The lowest BCUT2D eigenvalue weighted by atomic mass is 9.78. The number of hydrogen-bond acceptors (Lipinski definition) is 2. The summed E-state index contributed by atoms with van der Waals surface area (Å²) < 4.78 is 0. The Kier molecular flexibility index (Phi) is 4.99. The maximum atomic E-state index is 12.5. The van der Waals surface area contributed by atoms with Gasteiger partial charge in [0.15, 0.2) is 0 Å². The molecule has 1 aliphatic carbocycles. The zero-order valence-corrected chi connectivity index (χ0v) is 11.8. The molecule has 100 valence electrons. The van der Waals surface area contributed by atoms with Crippen molar-refractivity contribution in [3.8, 4) is 0 Å². The second-order valence-corrected chi connectivity index (χ2v) is 5.95. The smallest absolute Gasteiger partial charge is 0.226 e. The highest BCUT2D eigenvalue weighted by molar-refractivity contribution is 5.79. The highest BCUT2D eigenvalue weighted by atomic mass is 16.2. The lowest BCUT2D eigenvalue weighted by molar-refractivity contribution is -0.142. The van der Waals surface area contributed by atoms with Gasteiger partial charge in [-0.1, -0.05) is 19.8 Å². The summed E-state index contributed by atoms with van der Waals surface area (Å²) in [5, 5.41) is 0. The molecule has 0 bridgehead atoms. The van der Waals surface area contributed by atoms with E-state index in [-0.39, 0.29) is 11.5 Å². The number of nitrogens with two attached hydrogens (primary N) is 1. The Labute approximate surface area is 106 Å². The van der Waals surface area contributed by atoms with Crippen LogP contribution in [0.3, 0.4) is 0 Å². The van der Waals surface area contributed by atoms with Crippen LogP contribution in [0.1, 0.15) is 52.9 Å². The quantitative estimate of drug-likeness (QED) is 0.820. The van der Waals surface area contributed by atoms with E-state index in [2.05, 4.69) is 20.8 Å². The molecule has 1 fully saturated rings. The average Bonchev–Trinajstić information content (AvgIpc) is 2.36. The van der Waals surface area contributed by atoms with Gasteiger partial charge in [0.05, 0.1) is 0 Å². The molecule has 3 nitrogen and oxygen atoms in total. The van der Waals surface area contributed by atoms with Crippen LogP contribution in [-0.4, -0.2) is 29.9 Å². The molecule has 0 aromatic carbocycles. The van der Waals surface area contributed by atoms with Crippen molar-refractivity contribution in [1.82, 2.24) is 4.90 Å². The Morgan fingerprint density at radius 3 is 2.47 bits per heavy atom. The zero-order valence-electron chi connectivity index (χ0n) is 11.8. The van der Waals surface area contributed by atoms with E-state index in [1.165, 1.54) is 12.8 Å². The standard InChI is InChI=1S/C14H28N2O/c1-5-14(2,3)16(4)13(17)12-9-7-6-8-11(12)10-15/h11-12H,5-10,15H2,1-4H3. The molecule has 0 aliphatic heterocycles. The predicted octanol–water partition coefficient (Wildman–Crippen LogP) is 2.40. The van der Waals surface area contributed by atoms with Gasteiger partial charge in [-0.3, -0.25) is 4.79 Å². The average molecular weight is 240 g/mol. The molecule has 0 radical (unpaired) electrons. The summed E-state index contributed by atoms with van der Waals surface area (Å²) in [6, 6.07) is 0. The van der Waals surface area contributed by atoms with E-state index in [1.54, 1.807) is 0 Å². The number of carbonyl (C=O) groups is 1. The van der Waals surface area contributed by atoms with E-state index >= 15 is 0 Å². The number of carbonyl (C=O) groups excluding carboxylic acids is 1. The fraction of sp³-hybridized carbons (Fsp3) is 0.929. The first kappa shape index (κ1) is 14.5. The Hall–Kier alpha value is -0.570. The van der Waals surface area contributed by atoms with Gasteiger partial charge in [-0.25, -0.2) is 0 Å². The van der Waals surface area contributed by atoms with E-state index < -0.39 is 0 Å². The van der Waals surface area contributed by atoms with E-state index in [1.807, 2.05) is 11.9 Å². The van der Waals surface area contributed by atoms with E-state index in [9.17, 15) is 4.79 Å². The summed E-state index contributed by atoms with van der Waals surface area (Å²) in [6.45, 7) is 7.04. The van der Waals surface area contributed by atoms with Gasteiger partial charge in [-0.05, 0) is 45.6 Å². The van der Waals surface area contributed by atoms with Crippen LogP contribution >= 0.6 is 0 Å². The summed E-state index contributed by atoms with van der Waals surface area (Å²) in [7, 11) is 1.94. The van der Waals surface area contributed by atoms with Crippen LogP contribution in [0, 0.1) is 11.8 Å². The molecule has 2 unspecified atom stereocenters. The van der Waals surface area contributed by atoms with E-state index in [4.69, 9.17) is 5.73 Å².